The van der Waals surface area contributed by atoms with Gasteiger partial charge in [-0.15, -0.1) is 11.3 Å². The van der Waals surface area contributed by atoms with Crippen molar-refractivity contribution in [2.24, 2.45) is 5.92 Å². The molecule has 0 radical (unpaired) electrons. The Kier molecular flexibility index (Phi) is 4.89. The first kappa shape index (κ1) is 16.3. The van der Waals surface area contributed by atoms with Crippen molar-refractivity contribution in [2.75, 3.05) is 31.6 Å². The van der Waals surface area contributed by atoms with E-state index in [1.807, 2.05) is 24.3 Å². The summed E-state index contributed by atoms with van der Waals surface area (Å²) >= 11 is 1.24. The molecule has 1 N–H and O–H groups in total. The second kappa shape index (κ2) is 6.90. The van der Waals surface area contributed by atoms with Crippen LogP contribution in [0.15, 0.2) is 46.0 Å². The minimum Gasteiger partial charge on any atom is -0.495 e. The van der Waals surface area contributed by atoms with Gasteiger partial charge in [0.05, 0.1) is 12.8 Å². The number of sulfonamides is 1. The first-order valence-corrected chi connectivity index (χ1v) is 9.87. The van der Waals surface area contributed by atoms with Gasteiger partial charge in [-0.2, -0.15) is 0 Å². The highest BCUT2D eigenvalue weighted by Crippen LogP contribution is 2.31. The zero-order chi connectivity index (χ0) is 16.3. The van der Waals surface area contributed by atoms with E-state index in [2.05, 4.69) is 9.62 Å². The Hall–Kier alpha value is -1.57. The lowest BCUT2D eigenvalue weighted by Crippen LogP contribution is -2.30. The van der Waals surface area contributed by atoms with Gasteiger partial charge in [0.2, 0.25) is 10.0 Å². The van der Waals surface area contributed by atoms with Crippen molar-refractivity contribution in [3.8, 4) is 5.75 Å². The van der Waals surface area contributed by atoms with Crippen LogP contribution < -0.4 is 14.4 Å². The molecule has 0 aliphatic carbocycles. The molecule has 0 unspecified atom stereocenters. The van der Waals surface area contributed by atoms with Crippen LogP contribution in [-0.2, 0) is 10.0 Å². The average Bonchev–Trinajstić information content (AvgIpc) is 3.25. The fourth-order valence-corrected chi connectivity index (χ4v) is 4.98. The molecule has 7 heteroatoms. The zero-order valence-electron chi connectivity index (χ0n) is 12.9. The molecular weight excluding hydrogens is 332 g/mol. The van der Waals surface area contributed by atoms with Crippen LogP contribution in [0.1, 0.15) is 6.42 Å². The van der Waals surface area contributed by atoms with E-state index in [1.54, 1.807) is 24.6 Å². The average molecular weight is 352 g/mol. The van der Waals surface area contributed by atoms with Crippen LogP contribution in [0.3, 0.4) is 0 Å². The number of thiophene rings is 1. The van der Waals surface area contributed by atoms with E-state index in [9.17, 15) is 8.42 Å². The third-order valence-electron chi connectivity index (χ3n) is 4.03. The van der Waals surface area contributed by atoms with E-state index in [4.69, 9.17) is 4.74 Å². The monoisotopic (exact) mass is 352 g/mol. The number of nitrogens with zero attached hydrogens (tertiary/aromatic N) is 1. The molecule has 1 fully saturated rings. The predicted octanol–water partition coefficient (Wildman–Crippen LogP) is 2.56. The molecule has 0 saturated carbocycles. The van der Waals surface area contributed by atoms with Crippen molar-refractivity contribution < 1.29 is 13.2 Å². The van der Waals surface area contributed by atoms with Gasteiger partial charge in [0, 0.05) is 19.6 Å². The molecule has 5 nitrogen and oxygen atoms in total. The number of nitrogens with one attached hydrogen (secondary N) is 1. The summed E-state index contributed by atoms with van der Waals surface area (Å²) < 4.78 is 32.8. The Labute approximate surface area is 140 Å². The molecule has 0 bridgehead atoms. The van der Waals surface area contributed by atoms with Gasteiger partial charge in [0.25, 0.3) is 0 Å². The van der Waals surface area contributed by atoms with E-state index in [0.717, 1.165) is 30.9 Å². The second-order valence-corrected chi connectivity index (χ2v) is 8.50. The Morgan fingerprint density at radius 3 is 2.87 bits per heavy atom. The number of hydrogen-bond acceptors (Lipinski definition) is 5. The van der Waals surface area contributed by atoms with Gasteiger partial charge >= 0.3 is 0 Å². The van der Waals surface area contributed by atoms with Crippen LogP contribution in [0.4, 0.5) is 5.69 Å². The number of para-hydroxylation sites is 2. The first-order valence-electron chi connectivity index (χ1n) is 7.51. The van der Waals surface area contributed by atoms with E-state index < -0.39 is 10.0 Å². The number of hydrogen-bond donors (Lipinski definition) is 1. The number of ether oxygens (including phenoxy) is 1. The molecular formula is C16H20N2O3S2. The van der Waals surface area contributed by atoms with Crippen molar-refractivity contribution >= 4 is 27.0 Å². The summed E-state index contributed by atoms with van der Waals surface area (Å²) in [6, 6.07) is 11.3. The number of methoxy groups -OCH3 is 1. The maximum absolute atomic E-state index is 12.2. The van der Waals surface area contributed by atoms with Crippen LogP contribution in [0.5, 0.6) is 5.75 Å². The van der Waals surface area contributed by atoms with Gasteiger partial charge < -0.3 is 9.64 Å². The zero-order valence-corrected chi connectivity index (χ0v) is 14.6. The fraction of sp³-hybridized carbons (Fsp3) is 0.375. The summed E-state index contributed by atoms with van der Waals surface area (Å²) in [6.07, 6.45) is 0.963. The van der Waals surface area contributed by atoms with Crippen molar-refractivity contribution in [2.45, 2.75) is 10.6 Å². The highest BCUT2D eigenvalue weighted by Gasteiger charge is 2.26. The van der Waals surface area contributed by atoms with Gasteiger partial charge in [-0.05, 0) is 35.9 Å². The summed E-state index contributed by atoms with van der Waals surface area (Å²) in [5.74, 6) is 1.15. The summed E-state index contributed by atoms with van der Waals surface area (Å²) in [4.78, 5) is 2.25. The lowest BCUT2D eigenvalue weighted by Gasteiger charge is -2.21. The smallest absolute Gasteiger partial charge is 0.250 e. The van der Waals surface area contributed by atoms with Crippen LogP contribution >= 0.6 is 11.3 Å². The Morgan fingerprint density at radius 2 is 2.13 bits per heavy atom. The molecule has 23 heavy (non-hydrogen) atoms. The molecule has 1 aliphatic heterocycles. The Morgan fingerprint density at radius 1 is 1.30 bits per heavy atom. The van der Waals surface area contributed by atoms with Gasteiger partial charge in [-0.3, -0.25) is 0 Å². The fourth-order valence-electron chi connectivity index (χ4n) is 2.82. The summed E-state index contributed by atoms with van der Waals surface area (Å²) in [6.45, 7) is 2.20. The van der Waals surface area contributed by atoms with E-state index >= 15 is 0 Å². The van der Waals surface area contributed by atoms with Gasteiger partial charge in [-0.25, -0.2) is 13.1 Å². The van der Waals surface area contributed by atoms with Crippen molar-refractivity contribution in [1.82, 2.24) is 4.72 Å². The third kappa shape index (κ3) is 3.68. The lowest BCUT2D eigenvalue weighted by atomic mass is 10.1. The molecule has 1 atom stereocenters. The minimum absolute atomic E-state index is 0.301. The summed E-state index contributed by atoms with van der Waals surface area (Å²) in [5.41, 5.74) is 1.07. The molecule has 124 valence electrons. The normalized spacial score (nSPS) is 18.3. The lowest BCUT2D eigenvalue weighted by molar-refractivity contribution is 0.414. The van der Waals surface area contributed by atoms with E-state index in [-0.39, 0.29) is 0 Å². The van der Waals surface area contributed by atoms with Crippen LogP contribution in [-0.4, -0.2) is 35.2 Å². The standard InChI is InChI=1S/C16H20N2O3S2/c1-21-15-6-3-2-5-14(15)18-9-8-13(12-18)11-17-23(19,20)16-7-4-10-22-16/h2-7,10,13,17H,8-9,11-12H2,1H3/t13-/m1/s1. The van der Waals surface area contributed by atoms with Crippen LogP contribution in [0.25, 0.3) is 0 Å². The molecule has 3 rings (SSSR count). The molecule has 2 heterocycles. The van der Waals surface area contributed by atoms with Gasteiger partial charge in [-0.1, -0.05) is 18.2 Å². The van der Waals surface area contributed by atoms with E-state index in [0.29, 0.717) is 16.7 Å². The number of benzene rings is 1. The molecule has 1 aromatic heterocycles. The number of anilines is 1. The molecule has 1 saturated heterocycles. The minimum atomic E-state index is -3.37. The second-order valence-electron chi connectivity index (χ2n) is 5.56. The number of rotatable bonds is 6. The molecule has 1 aliphatic rings. The quantitative estimate of drug-likeness (QED) is 0.868. The summed E-state index contributed by atoms with van der Waals surface area (Å²) in [5, 5.41) is 1.77. The highest BCUT2D eigenvalue weighted by molar-refractivity contribution is 7.91. The SMILES string of the molecule is COc1ccccc1N1CC[C@H](CNS(=O)(=O)c2cccs2)C1. The molecule has 1 aromatic carbocycles. The molecule has 0 amide bonds. The van der Waals surface area contributed by atoms with Crippen molar-refractivity contribution in [3.05, 3.63) is 41.8 Å². The largest absolute Gasteiger partial charge is 0.495 e. The molecule has 2 aromatic rings. The van der Waals surface area contributed by atoms with Gasteiger partial charge in [0.1, 0.15) is 9.96 Å². The van der Waals surface area contributed by atoms with Crippen molar-refractivity contribution in [3.63, 3.8) is 0 Å². The van der Waals surface area contributed by atoms with Crippen LogP contribution in [0.2, 0.25) is 0 Å². The maximum atomic E-state index is 12.2. The Bertz CT molecular complexity index is 744. The Balaban J connectivity index is 1.60. The highest BCUT2D eigenvalue weighted by atomic mass is 32.2. The van der Waals surface area contributed by atoms with Crippen LogP contribution in [0, 0.1) is 5.92 Å². The van der Waals surface area contributed by atoms with Gasteiger partial charge in [0.15, 0.2) is 0 Å². The topological polar surface area (TPSA) is 58.6 Å². The van der Waals surface area contributed by atoms with E-state index in [1.165, 1.54) is 11.3 Å². The summed E-state index contributed by atoms with van der Waals surface area (Å²) in [7, 11) is -1.71. The predicted molar refractivity (Wildman–Crippen MR) is 92.8 cm³/mol. The first-order chi connectivity index (χ1) is 11.1. The maximum Gasteiger partial charge on any atom is 0.250 e. The molecule has 0 spiro atoms. The third-order valence-corrected chi connectivity index (χ3v) is 6.85. The van der Waals surface area contributed by atoms with Crippen molar-refractivity contribution in [1.29, 1.82) is 0 Å².